The lowest BCUT2D eigenvalue weighted by atomic mass is 10.1. The molecule has 1 aromatic rings. The number of pyridine rings is 1. The van der Waals surface area contributed by atoms with Gasteiger partial charge >= 0.3 is 5.97 Å². The Kier molecular flexibility index (Phi) is 2.26. The van der Waals surface area contributed by atoms with Gasteiger partial charge in [-0.3, -0.25) is 14.5 Å². The Morgan fingerprint density at radius 3 is 3.06 bits per heavy atom. The number of aromatic nitrogens is 1. The van der Waals surface area contributed by atoms with Gasteiger partial charge in [-0.05, 0) is 18.6 Å². The van der Waals surface area contributed by atoms with E-state index in [-0.39, 0.29) is 11.8 Å². The first kappa shape index (κ1) is 11.0. The molecule has 0 aromatic carbocycles. The van der Waals surface area contributed by atoms with Crippen LogP contribution < -0.4 is 9.64 Å². The average molecular weight is 248 g/mol. The summed E-state index contributed by atoms with van der Waals surface area (Å²) in [7, 11) is 1.63. The molecule has 3 rings (SSSR count). The summed E-state index contributed by atoms with van der Waals surface area (Å²) in [6, 6.07) is 3.46. The summed E-state index contributed by atoms with van der Waals surface area (Å²) in [5.74, 6) is -0.783. The highest BCUT2D eigenvalue weighted by Gasteiger charge is 2.54. The van der Waals surface area contributed by atoms with Crippen LogP contribution in [-0.4, -0.2) is 35.1 Å². The second kappa shape index (κ2) is 3.69. The van der Waals surface area contributed by atoms with Crippen LogP contribution in [0.5, 0.6) is 5.75 Å². The Bertz CT molecular complexity index is 531. The zero-order valence-electron chi connectivity index (χ0n) is 9.74. The van der Waals surface area contributed by atoms with Crippen LogP contribution in [0.4, 0.5) is 5.82 Å². The minimum absolute atomic E-state index is 0.227. The number of nitrogens with zero attached hydrogens (tertiary/aromatic N) is 2. The van der Waals surface area contributed by atoms with E-state index in [1.807, 2.05) is 0 Å². The summed E-state index contributed by atoms with van der Waals surface area (Å²) >= 11 is 0. The van der Waals surface area contributed by atoms with Crippen LogP contribution in [0.25, 0.3) is 0 Å². The third kappa shape index (κ3) is 1.53. The van der Waals surface area contributed by atoms with E-state index in [1.165, 1.54) is 4.90 Å². The highest BCUT2D eigenvalue weighted by molar-refractivity contribution is 5.99. The fourth-order valence-electron chi connectivity index (χ4n) is 2.31. The standard InChI is InChI=1S/C12H12N2O4/c1-14-10-8(3-2-4-13-10)18-9(11(14)15)6-5-7(6)12(16)17/h2-4,6-7,9H,5H2,1H3,(H,16,17). The Morgan fingerprint density at radius 2 is 2.39 bits per heavy atom. The molecule has 1 aliphatic heterocycles. The van der Waals surface area contributed by atoms with Crippen molar-refractivity contribution < 1.29 is 19.4 Å². The quantitative estimate of drug-likeness (QED) is 0.825. The van der Waals surface area contributed by atoms with Gasteiger partial charge in [-0.1, -0.05) is 0 Å². The molecule has 1 N–H and O–H groups in total. The second-order valence-corrected chi connectivity index (χ2v) is 4.61. The van der Waals surface area contributed by atoms with Crippen molar-refractivity contribution in [3.05, 3.63) is 18.3 Å². The van der Waals surface area contributed by atoms with Crippen LogP contribution in [0.2, 0.25) is 0 Å². The molecule has 1 fully saturated rings. The number of ether oxygens (including phenoxy) is 1. The van der Waals surface area contributed by atoms with Gasteiger partial charge in [0.2, 0.25) is 0 Å². The molecule has 2 heterocycles. The summed E-state index contributed by atoms with van der Waals surface area (Å²) < 4.78 is 5.60. The summed E-state index contributed by atoms with van der Waals surface area (Å²) in [6.07, 6.45) is 1.38. The molecule has 3 unspecified atom stereocenters. The molecule has 0 spiro atoms. The van der Waals surface area contributed by atoms with Gasteiger partial charge in [0.15, 0.2) is 17.7 Å². The highest BCUT2D eigenvalue weighted by Crippen LogP contribution is 2.45. The molecule has 0 bridgehead atoms. The predicted octanol–water partition coefficient (Wildman–Crippen LogP) is 0.526. The Balaban J connectivity index is 1.88. The number of fused-ring (bicyclic) bond motifs is 1. The van der Waals surface area contributed by atoms with Crippen LogP contribution >= 0.6 is 0 Å². The zero-order valence-corrected chi connectivity index (χ0v) is 9.74. The number of hydrogen-bond donors (Lipinski definition) is 1. The monoisotopic (exact) mass is 248 g/mol. The van der Waals surface area contributed by atoms with Gasteiger partial charge in [0.1, 0.15) is 0 Å². The maximum Gasteiger partial charge on any atom is 0.306 e. The van der Waals surface area contributed by atoms with E-state index in [9.17, 15) is 9.59 Å². The number of carbonyl (C=O) groups is 2. The molecule has 0 saturated heterocycles. The lowest BCUT2D eigenvalue weighted by molar-refractivity contribution is -0.139. The molecule has 18 heavy (non-hydrogen) atoms. The first-order chi connectivity index (χ1) is 8.59. The normalized spacial score (nSPS) is 29.5. The molecular weight excluding hydrogens is 236 g/mol. The number of carbonyl (C=O) groups excluding carboxylic acids is 1. The van der Waals surface area contributed by atoms with E-state index >= 15 is 0 Å². The molecular formula is C12H12N2O4. The lowest BCUT2D eigenvalue weighted by Gasteiger charge is -2.30. The van der Waals surface area contributed by atoms with Crippen molar-refractivity contribution in [3.8, 4) is 5.75 Å². The lowest BCUT2D eigenvalue weighted by Crippen LogP contribution is -2.46. The van der Waals surface area contributed by atoms with Gasteiger partial charge in [0.25, 0.3) is 5.91 Å². The molecule has 2 aliphatic rings. The maximum absolute atomic E-state index is 12.1. The van der Waals surface area contributed by atoms with Crippen molar-refractivity contribution in [2.24, 2.45) is 11.8 Å². The number of anilines is 1. The molecule has 0 radical (unpaired) electrons. The Morgan fingerprint density at radius 1 is 1.61 bits per heavy atom. The highest BCUT2D eigenvalue weighted by atomic mass is 16.5. The van der Waals surface area contributed by atoms with Gasteiger partial charge in [0.05, 0.1) is 5.92 Å². The average Bonchev–Trinajstić information content (AvgIpc) is 3.14. The largest absolute Gasteiger partial charge is 0.481 e. The van der Waals surface area contributed by atoms with Crippen molar-refractivity contribution >= 4 is 17.7 Å². The predicted molar refractivity (Wildman–Crippen MR) is 61.3 cm³/mol. The van der Waals surface area contributed by atoms with Crippen molar-refractivity contribution in [1.82, 2.24) is 4.98 Å². The van der Waals surface area contributed by atoms with Crippen molar-refractivity contribution in [3.63, 3.8) is 0 Å². The van der Waals surface area contributed by atoms with E-state index < -0.39 is 18.0 Å². The van der Waals surface area contributed by atoms with E-state index in [0.29, 0.717) is 18.0 Å². The van der Waals surface area contributed by atoms with E-state index in [2.05, 4.69) is 4.98 Å². The number of carboxylic acids is 1. The van der Waals surface area contributed by atoms with Crippen LogP contribution in [0.3, 0.4) is 0 Å². The topological polar surface area (TPSA) is 79.7 Å². The summed E-state index contributed by atoms with van der Waals surface area (Å²) in [6.45, 7) is 0. The van der Waals surface area contributed by atoms with Crippen LogP contribution in [0.15, 0.2) is 18.3 Å². The van der Waals surface area contributed by atoms with Crippen molar-refractivity contribution in [1.29, 1.82) is 0 Å². The van der Waals surface area contributed by atoms with Crippen LogP contribution in [0, 0.1) is 11.8 Å². The van der Waals surface area contributed by atoms with E-state index in [0.717, 1.165) is 0 Å². The van der Waals surface area contributed by atoms with E-state index in [1.54, 1.807) is 25.4 Å². The molecule has 6 nitrogen and oxygen atoms in total. The van der Waals surface area contributed by atoms with Crippen molar-refractivity contribution in [2.75, 3.05) is 11.9 Å². The fraction of sp³-hybridized carbons (Fsp3) is 0.417. The number of rotatable bonds is 2. The summed E-state index contributed by atoms with van der Waals surface area (Å²) in [4.78, 5) is 28.5. The molecule has 1 aromatic heterocycles. The zero-order chi connectivity index (χ0) is 12.9. The maximum atomic E-state index is 12.1. The Hall–Kier alpha value is -2.11. The number of carboxylic acid groups (broad SMARTS) is 1. The van der Waals surface area contributed by atoms with E-state index in [4.69, 9.17) is 9.84 Å². The fourth-order valence-corrected chi connectivity index (χ4v) is 2.31. The van der Waals surface area contributed by atoms with Gasteiger partial charge < -0.3 is 9.84 Å². The minimum atomic E-state index is -0.865. The first-order valence-corrected chi connectivity index (χ1v) is 5.71. The summed E-state index contributed by atoms with van der Waals surface area (Å²) in [5.41, 5.74) is 0. The molecule has 1 saturated carbocycles. The SMILES string of the molecule is CN1C(=O)C(C2CC2C(=O)O)Oc2cccnc21. The number of aliphatic carboxylic acids is 1. The number of likely N-dealkylation sites (N-methyl/N-ethyl adjacent to an activating group) is 1. The third-order valence-electron chi connectivity index (χ3n) is 3.44. The van der Waals surface area contributed by atoms with Gasteiger partial charge in [-0.15, -0.1) is 0 Å². The van der Waals surface area contributed by atoms with Crippen molar-refractivity contribution in [2.45, 2.75) is 12.5 Å². The molecule has 3 atom stereocenters. The number of amides is 1. The summed E-state index contributed by atoms with van der Waals surface area (Å²) in [5, 5.41) is 8.91. The smallest absolute Gasteiger partial charge is 0.306 e. The minimum Gasteiger partial charge on any atom is -0.481 e. The second-order valence-electron chi connectivity index (χ2n) is 4.61. The van der Waals surface area contributed by atoms with Gasteiger partial charge in [0, 0.05) is 19.2 Å². The molecule has 1 amide bonds. The van der Waals surface area contributed by atoms with Gasteiger partial charge in [-0.25, -0.2) is 4.98 Å². The van der Waals surface area contributed by atoms with Gasteiger partial charge in [-0.2, -0.15) is 0 Å². The van der Waals surface area contributed by atoms with Crippen LogP contribution in [0.1, 0.15) is 6.42 Å². The number of hydrogen-bond acceptors (Lipinski definition) is 4. The van der Waals surface area contributed by atoms with Crippen LogP contribution in [-0.2, 0) is 9.59 Å². The Labute approximate surface area is 103 Å². The molecule has 1 aliphatic carbocycles. The first-order valence-electron chi connectivity index (χ1n) is 5.71. The molecule has 94 valence electrons. The third-order valence-corrected chi connectivity index (χ3v) is 3.44. The molecule has 6 heteroatoms.